The van der Waals surface area contributed by atoms with E-state index in [1.54, 1.807) is 12.4 Å². The Morgan fingerprint density at radius 3 is 2.46 bits per heavy atom. The maximum Gasteiger partial charge on any atom is 0.128 e. The fraction of sp³-hybridized carbons (Fsp3) is 0.250. The zero-order chi connectivity index (χ0) is 18.1. The van der Waals surface area contributed by atoms with E-state index < -0.39 is 0 Å². The lowest BCUT2D eigenvalue weighted by Gasteiger charge is -2.37. The van der Waals surface area contributed by atoms with Gasteiger partial charge in [-0.2, -0.15) is 5.26 Å². The SMILES string of the molecule is Cc1cccc2c(N3CCN(c4ccc(Cl)cn4)CC3)c(C#N)cnc12. The predicted molar refractivity (Wildman–Crippen MR) is 105 cm³/mol. The Kier molecular flexibility index (Phi) is 4.36. The molecule has 0 N–H and O–H groups in total. The molecule has 0 radical (unpaired) electrons. The van der Waals surface area contributed by atoms with Gasteiger partial charge in [0.2, 0.25) is 0 Å². The lowest BCUT2D eigenvalue weighted by atomic mass is 10.0. The van der Waals surface area contributed by atoms with Gasteiger partial charge in [-0.05, 0) is 24.6 Å². The summed E-state index contributed by atoms with van der Waals surface area (Å²) in [5.41, 5.74) is 3.70. The number of pyridine rings is 2. The van der Waals surface area contributed by atoms with Gasteiger partial charge < -0.3 is 9.80 Å². The molecule has 1 saturated heterocycles. The van der Waals surface area contributed by atoms with E-state index in [2.05, 4.69) is 44.9 Å². The van der Waals surface area contributed by atoms with Crippen LogP contribution in [0.15, 0.2) is 42.7 Å². The first-order valence-electron chi connectivity index (χ1n) is 8.57. The predicted octanol–water partition coefficient (Wildman–Crippen LogP) is 3.79. The molecule has 1 aromatic carbocycles. The average Bonchev–Trinajstić information content (AvgIpc) is 2.68. The van der Waals surface area contributed by atoms with Crippen molar-refractivity contribution in [1.29, 1.82) is 5.26 Å². The molecule has 3 heterocycles. The number of hydrogen-bond donors (Lipinski definition) is 0. The molecule has 1 fully saturated rings. The van der Waals surface area contributed by atoms with Crippen molar-refractivity contribution in [2.24, 2.45) is 0 Å². The highest BCUT2D eigenvalue weighted by molar-refractivity contribution is 6.30. The van der Waals surface area contributed by atoms with Crippen LogP contribution in [0.5, 0.6) is 0 Å². The van der Waals surface area contributed by atoms with Gasteiger partial charge in [0.15, 0.2) is 0 Å². The third-order valence-electron chi connectivity index (χ3n) is 4.82. The van der Waals surface area contributed by atoms with Crippen molar-refractivity contribution in [3.63, 3.8) is 0 Å². The lowest BCUT2D eigenvalue weighted by molar-refractivity contribution is 0.648. The maximum atomic E-state index is 9.58. The molecule has 0 bridgehead atoms. The lowest BCUT2D eigenvalue weighted by Crippen LogP contribution is -2.47. The first kappa shape index (κ1) is 16.6. The molecule has 0 spiro atoms. The fourth-order valence-corrected chi connectivity index (χ4v) is 3.61. The Morgan fingerprint density at radius 2 is 1.77 bits per heavy atom. The fourth-order valence-electron chi connectivity index (χ4n) is 3.49. The van der Waals surface area contributed by atoms with Crippen LogP contribution >= 0.6 is 11.6 Å². The summed E-state index contributed by atoms with van der Waals surface area (Å²) < 4.78 is 0. The van der Waals surface area contributed by atoms with Crippen molar-refractivity contribution in [3.05, 3.63) is 58.9 Å². The Morgan fingerprint density at radius 1 is 1.00 bits per heavy atom. The molecule has 130 valence electrons. The number of para-hydroxylation sites is 1. The van der Waals surface area contributed by atoms with Gasteiger partial charge in [0, 0.05) is 44.0 Å². The minimum atomic E-state index is 0.626. The number of hydrogen-bond acceptors (Lipinski definition) is 5. The molecule has 26 heavy (non-hydrogen) atoms. The van der Waals surface area contributed by atoms with E-state index in [0.717, 1.165) is 54.2 Å². The van der Waals surface area contributed by atoms with Crippen LogP contribution in [-0.4, -0.2) is 36.1 Å². The quantitative estimate of drug-likeness (QED) is 0.693. The van der Waals surface area contributed by atoms with Crippen molar-refractivity contribution in [1.82, 2.24) is 9.97 Å². The van der Waals surface area contributed by atoms with E-state index in [0.29, 0.717) is 10.6 Å². The molecular weight excluding hydrogens is 346 g/mol. The van der Waals surface area contributed by atoms with Gasteiger partial charge in [-0.3, -0.25) is 4.98 Å². The van der Waals surface area contributed by atoms with Crippen LogP contribution in [-0.2, 0) is 0 Å². The van der Waals surface area contributed by atoms with E-state index in [-0.39, 0.29) is 0 Å². The summed E-state index contributed by atoms with van der Waals surface area (Å²) in [5, 5.41) is 11.3. The Bertz CT molecular complexity index is 985. The number of aryl methyl sites for hydroxylation is 1. The van der Waals surface area contributed by atoms with Crippen LogP contribution in [0.2, 0.25) is 5.02 Å². The number of fused-ring (bicyclic) bond motifs is 1. The largest absolute Gasteiger partial charge is 0.366 e. The molecule has 0 amide bonds. The summed E-state index contributed by atoms with van der Waals surface area (Å²) in [5.74, 6) is 0.935. The highest BCUT2D eigenvalue weighted by Crippen LogP contribution is 2.31. The van der Waals surface area contributed by atoms with Gasteiger partial charge in [-0.15, -0.1) is 0 Å². The number of rotatable bonds is 2. The van der Waals surface area contributed by atoms with Crippen molar-refractivity contribution in [2.75, 3.05) is 36.0 Å². The van der Waals surface area contributed by atoms with Crippen LogP contribution in [0.1, 0.15) is 11.1 Å². The van der Waals surface area contributed by atoms with Gasteiger partial charge in [-0.25, -0.2) is 4.98 Å². The molecule has 0 atom stereocenters. The normalized spacial score (nSPS) is 14.5. The van der Waals surface area contributed by atoms with Crippen molar-refractivity contribution in [2.45, 2.75) is 6.92 Å². The molecule has 0 saturated carbocycles. The number of benzene rings is 1. The van der Waals surface area contributed by atoms with E-state index in [1.165, 1.54) is 0 Å². The summed E-state index contributed by atoms with van der Waals surface area (Å²) in [7, 11) is 0. The van der Waals surface area contributed by atoms with E-state index in [4.69, 9.17) is 11.6 Å². The van der Waals surface area contributed by atoms with Crippen LogP contribution in [0, 0.1) is 18.3 Å². The molecule has 1 aliphatic rings. The van der Waals surface area contributed by atoms with Crippen LogP contribution in [0.3, 0.4) is 0 Å². The van der Waals surface area contributed by atoms with Crippen LogP contribution in [0.4, 0.5) is 11.5 Å². The summed E-state index contributed by atoms with van der Waals surface area (Å²) >= 11 is 5.93. The molecule has 4 rings (SSSR count). The third kappa shape index (κ3) is 2.93. The van der Waals surface area contributed by atoms with Gasteiger partial charge in [0.1, 0.15) is 11.9 Å². The summed E-state index contributed by atoms with van der Waals surface area (Å²) in [4.78, 5) is 13.4. The van der Waals surface area contributed by atoms with Gasteiger partial charge in [-0.1, -0.05) is 29.8 Å². The Balaban J connectivity index is 1.64. The topological polar surface area (TPSA) is 56.0 Å². The van der Waals surface area contributed by atoms with Crippen LogP contribution < -0.4 is 9.80 Å². The molecule has 3 aromatic rings. The van der Waals surface area contributed by atoms with Crippen molar-refractivity contribution >= 4 is 34.0 Å². The summed E-state index contributed by atoms with van der Waals surface area (Å²) in [6.45, 7) is 5.39. The minimum Gasteiger partial charge on any atom is -0.366 e. The van der Waals surface area contributed by atoms with Gasteiger partial charge in [0.25, 0.3) is 0 Å². The molecular formula is C20H18ClN5. The van der Waals surface area contributed by atoms with E-state index >= 15 is 0 Å². The second-order valence-electron chi connectivity index (χ2n) is 6.41. The molecule has 2 aromatic heterocycles. The number of aromatic nitrogens is 2. The third-order valence-corrected chi connectivity index (χ3v) is 5.05. The maximum absolute atomic E-state index is 9.58. The zero-order valence-electron chi connectivity index (χ0n) is 14.5. The molecule has 0 unspecified atom stereocenters. The second-order valence-corrected chi connectivity index (χ2v) is 6.85. The zero-order valence-corrected chi connectivity index (χ0v) is 15.2. The average molecular weight is 364 g/mol. The number of piperazine rings is 1. The Labute approximate surface area is 157 Å². The number of nitriles is 1. The first-order valence-corrected chi connectivity index (χ1v) is 8.95. The molecule has 6 heteroatoms. The highest BCUT2D eigenvalue weighted by atomic mass is 35.5. The Hall–Kier alpha value is -2.84. The highest BCUT2D eigenvalue weighted by Gasteiger charge is 2.22. The van der Waals surface area contributed by atoms with E-state index in [1.807, 2.05) is 18.2 Å². The number of anilines is 2. The second kappa shape index (κ2) is 6.81. The van der Waals surface area contributed by atoms with Gasteiger partial charge in [0.05, 0.1) is 21.8 Å². The minimum absolute atomic E-state index is 0.626. The van der Waals surface area contributed by atoms with E-state index in [9.17, 15) is 5.26 Å². The number of halogens is 1. The first-order chi connectivity index (χ1) is 12.7. The molecule has 1 aliphatic heterocycles. The molecule has 0 aliphatic carbocycles. The van der Waals surface area contributed by atoms with Crippen LogP contribution in [0.25, 0.3) is 10.9 Å². The smallest absolute Gasteiger partial charge is 0.128 e. The number of nitrogens with zero attached hydrogens (tertiary/aromatic N) is 5. The van der Waals surface area contributed by atoms with Crippen molar-refractivity contribution < 1.29 is 0 Å². The summed E-state index contributed by atoms with van der Waals surface area (Å²) in [6, 6.07) is 12.3. The standard InChI is InChI=1S/C20H18ClN5/c1-14-3-2-4-17-19(14)24-12-15(11-22)20(17)26-9-7-25(8-10-26)18-6-5-16(21)13-23-18/h2-6,12-13H,7-10H2,1H3. The monoisotopic (exact) mass is 363 g/mol. The summed E-state index contributed by atoms with van der Waals surface area (Å²) in [6.07, 6.45) is 3.37. The molecule has 5 nitrogen and oxygen atoms in total. The van der Waals surface area contributed by atoms with Crippen molar-refractivity contribution in [3.8, 4) is 6.07 Å². The van der Waals surface area contributed by atoms with Gasteiger partial charge >= 0.3 is 0 Å².